The van der Waals surface area contributed by atoms with Crippen molar-refractivity contribution in [1.82, 2.24) is 0 Å². The standard InChI is InChI=1S/C11H10F2O2/c1-7(14)5-8(15)6-9-10(12)3-2-4-11(9)13/h2-4H,5-6H2,1H3. The van der Waals surface area contributed by atoms with Gasteiger partial charge in [-0.25, -0.2) is 8.78 Å². The van der Waals surface area contributed by atoms with Gasteiger partial charge in [0.2, 0.25) is 0 Å². The van der Waals surface area contributed by atoms with Crippen LogP contribution in [0.3, 0.4) is 0 Å². The molecule has 0 aliphatic rings. The first-order valence-electron chi connectivity index (χ1n) is 4.44. The lowest BCUT2D eigenvalue weighted by atomic mass is 10.0. The Hall–Kier alpha value is -1.58. The SMILES string of the molecule is CC(=O)CC(=O)Cc1c(F)cccc1F. The highest BCUT2D eigenvalue weighted by molar-refractivity contribution is 5.98. The summed E-state index contributed by atoms with van der Waals surface area (Å²) in [4.78, 5) is 21.8. The lowest BCUT2D eigenvalue weighted by Crippen LogP contribution is -2.10. The first kappa shape index (κ1) is 11.5. The summed E-state index contributed by atoms with van der Waals surface area (Å²) in [6, 6.07) is 3.39. The minimum Gasteiger partial charge on any atom is -0.300 e. The zero-order valence-corrected chi connectivity index (χ0v) is 8.22. The van der Waals surface area contributed by atoms with Crippen LogP contribution < -0.4 is 0 Å². The molecule has 0 amide bonds. The van der Waals surface area contributed by atoms with Gasteiger partial charge in [-0.05, 0) is 19.1 Å². The van der Waals surface area contributed by atoms with Crippen molar-refractivity contribution in [2.24, 2.45) is 0 Å². The summed E-state index contributed by atoms with van der Waals surface area (Å²) in [6.07, 6.45) is -0.661. The van der Waals surface area contributed by atoms with Gasteiger partial charge in [0.15, 0.2) is 0 Å². The summed E-state index contributed by atoms with van der Waals surface area (Å²) in [5.41, 5.74) is -0.274. The lowest BCUT2D eigenvalue weighted by molar-refractivity contribution is -0.125. The van der Waals surface area contributed by atoms with Crippen molar-refractivity contribution in [3.63, 3.8) is 0 Å². The first-order valence-corrected chi connectivity index (χ1v) is 4.44. The van der Waals surface area contributed by atoms with E-state index in [0.717, 1.165) is 12.1 Å². The molecule has 0 unspecified atom stereocenters. The van der Waals surface area contributed by atoms with Crippen LogP contribution in [-0.4, -0.2) is 11.6 Å². The Labute approximate surface area is 85.9 Å². The zero-order chi connectivity index (χ0) is 11.4. The number of rotatable bonds is 4. The van der Waals surface area contributed by atoms with Crippen LogP contribution in [0.15, 0.2) is 18.2 Å². The molecule has 0 spiro atoms. The molecule has 1 aromatic carbocycles. The van der Waals surface area contributed by atoms with Gasteiger partial charge in [-0.2, -0.15) is 0 Å². The highest BCUT2D eigenvalue weighted by Gasteiger charge is 2.13. The van der Waals surface area contributed by atoms with Crippen molar-refractivity contribution >= 4 is 11.6 Å². The number of carbonyl (C=O) groups is 2. The smallest absolute Gasteiger partial charge is 0.144 e. The topological polar surface area (TPSA) is 34.1 Å². The van der Waals surface area contributed by atoms with Crippen molar-refractivity contribution in [3.05, 3.63) is 35.4 Å². The molecule has 0 N–H and O–H groups in total. The predicted octanol–water partition coefficient (Wildman–Crippen LogP) is 2.06. The van der Waals surface area contributed by atoms with Gasteiger partial charge in [0.25, 0.3) is 0 Å². The van der Waals surface area contributed by atoms with Crippen LogP contribution >= 0.6 is 0 Å². The normalized spacial score (nSPS) is 10.1. The van der Waals surface area contributed by atoms with Crippen molar-refractivity contribution in [2.45, 2.75) is 19.8 Å². The second-order valence-electron chi connectivity index (χ2n) is 3.29. The van der Waals surface area contributed by atoms with Crippen LogP contribution in [-0.2, 0) is 16.0 Å². The van der Waals surface area contributed by atoms with Crippen molar-refractivity contribution in [2.75, 3.05) is 0 Å². The highest BCUT2D eigenvalue weighted by Crippen LogP contribution is 2.13. The van der Waals surface area contributed by atoms with Crippen LogP contribution in [0.1, 0.15) is 18.9 Å². The Kier molecular flexibility index (Phi) is 3.66. The van der Waals surface area contributed by atoms with Crippen molar-refractivity contribution < 1.29 is 18.4 Å². The second-order valence-corrected chi connectivity index (χ2v) is 3.29. The maximum atomic E-state index is 13.1. The number of Topliss-reactive ketones (excluding diaryl/α,β-unsaturated/α-hetero) is 2. The maximum absolute atomic E-state index is 13.1. The third-order valence-electron chi connectivity index (χ3n) is 1.88. The van der Waals surface area contributed by atoms with Gasteiger partial charge in [-0.15, -0.1) is 0 Å². The molecule has 0 saturated carbocycles. The van der Waals surface area contributed by atoms with E-state index in [2.05, 4.69) is 0 Å². The molecular formula is C11H10F2O2. The van der Waals surface area contributed by atoms with E-state index in [4.69, 9.17) is 0 Å². The van der Waals surface area contributed by atoms with E-state index in [1.54, 1.807) is 0 Å². The van der Waals surface area contributed by atoms with E-state index in [1.165, 1.54) is 13.0 Å². The molecule has 0 bridgehead atoms. The molecule has 0 aliphatic heterocycles. The van der Waals surface area contributed by atoms with Crippen molar-refractivity contribution in [1.29, 1.82) is 0 Å². The summed E-state index contributed by atoms with van der Waals surface area (Å²) in [6.45, 7) is 1.26. The zero-order valence-electron chi connectivity index (χ0n) is 8.22. The molecule has 4 heteroatoms. The van der Waals surface area contributed by atoms with Gasteiger partial charge in [0, 0.05) is 12.0 Å². The summed E-state index contributed by atoms with van der Waals surface area (Å²) in [7, 11) is 0. The fraction of sp³-hybridized carbons (Fsp3) is 0.273. The summed E-state index contributed by atoms with van der Waals surface area (Å²) in [5.74, 6) is -2.30. The van der Waals surface area contributed by atoms with Gasteiger partial charge in [0.05, 0.1) is 6.42 Å². The van der Waals surface area contributed by atoms with E-state index < -0.39 is 17.4 Å². The third-order valence-corrected chi connectivity index (χ3v) is 1.88. The van der Waals surface area contributed by atoms with E-state index >= 15 is 0 Å². The molecule has 0 radical (unpaired) electrons. The molecule has 0 saturated heterocycles. The molecule has 1 aromatic rings. The van der Waals surface area contributed by atoms with Crippen LogP contribution in [0.25, 0.3) is 0 Å². The minimum absolute atomic E-state index is 0.274. The number of carbonyl (C=O) groups excluding carboxylic acids is 2. The average molecular weight is 212 g/mol. The summed E-state index contributed by atoms with van der Waals surface area (Å²) >= 11 is 0. The van der Waals surface area contributed by atoms with Gasteiger partial charge in [-0.1, -0.05) is 6.07 Å². The van der Waals surface area contributed by atoms with E-state index in [1.807, 2.05) is 0 Å². The largest absolute Gasteiger partial charge is 0.300 e. The van der Waals surface area contributed by atoms with E-state index in [-0.39, 0.29) is 24.2 Å². The fourth-order valence-electron chi connectivity index (χ4n) is 1.24. The Morgan fingerprint density at radius 1 is 1.20 bits per heavy atom. The van der Waals surface area contributed by atoms with Crippen LogP contribution in [0.2, 0.25) is 0 Å². The van der Waals surface area contributed by atoms with Crippen LogP contribution in [0, 0.1) is 11.6 Å². The number of halogens is 2. The number of benzene rings is 1. The molecule has 0 aromatic heterocycles. The Balaban J connectivity index is 2.80. The fourth-order valence-corrected chi connectivity index (χ4v) is 1.24. The van der Waals surface area contributed by atoms with Crippen LogP contribution in [0.5, 0.6) is 0 Å². The molecular weight excluding hydrogens is 202 g/mol. The van der Waals surface area contributed by atoms with Gasteiger partial charge in [-0.3, -0.25) is 9.59 Å². The minimum atomic E-state index is -0.757. The molecule has 0 heterocycles. The second kappa shape index (κ2) is 4.77. The number of hydrogen-bond acceptors (Lipinski definition) is 2. The van der Waals surface area contributed by atoms with Crippen LogP contribution in [0.4, 0.5) is 8.78 Å². The maximum Gasteiger partial charge on any atom is 0.144 e. The molecule has 80 valence electrons. The number of ketones is 2. The summed E-state index contributed by atoms with van der Waals surface area (Å²) < 4.78 is 26.1. The van der Waals surface area contributed by atoms with E-state index in [0.29, 0.717) is 0 Å². The Bertz CT molecular complexity index is 379. The number of hydrogen-bond donors (Lipinski definition) is 0. The third kappa shape index (κ3) is 3.23. The highest BCUT2D eigenvalue weighted by atomic mass is 19.1. The lowest BCUT2D eigenvalue weighted by Gasteiger charge is -2.02. The quantitative estimate of drug-likeness (QED) is 0.716. The van der Waals surface area contributed by atoms with Gasteiger partial charge < -0.3 is 0 Å². The molecule has 0 aliphatic carbocycles. The van der Waals surface area contributed by atoms with Crippen molar-refractivity contribution in [3.8, 4) is 0 Å². The first-order chi connectivity index (χ1) is 7.00. The predicted molar refractivity (Wildman–Crippen MR) is 50.4 cm³/mol. The molecule has 0 fully saturated rings. The van der Waals surface area contributed by atoms with Gasteiger partial charge in [0.1, 0.15) is 23.2 Å². The Morgan fingerprint density at radius 2 is 1.73 bits per heavy atom. The summed E-state index contributed by atoms with van der Waals surface area (Å²) in [5, 5.41) is 0. The van der Waals surface area contributed by atoms with E-state index in [9.17, 15) is 18.4 Å². The molecule has 2 nitrogen and oxygen atoms in total. The molecule has 15 heavy (non-hydrogen) atoms. The molecule has 0 atom stereocenters. The van der Waals surface area contributed by atoms with Gasteiger partial charge >= 0.3 is 0 Å². The average Bonchev–Trinajstić information content (AvgIpc) is 2.10. The molecule has 1 rings (SSSR count). The Morgan fingerprint density at radius 3 is 2.20 bits per heavy atom. The monoisotopic (exact) mass is 212 g/mol.